The van der Waals surface area contributed by atoms with Crippen molar-refractivity contribution in [3.8, 4) is 11.5 Å². The van der Waals surface area contributed by atoms with Gasteiger partial charge in [-0.2, -0.15) is 0 Å². The van der Waals surface area contributed by atoms with Gasteiger partial charge in [0, 0.05) is 42.0 Å². The number of ether oxygens (including phenoxy) is 1. The minimum absolute atomic E-state index is 0.269. The molecule has 5 rings (SSSR count). The number of aliphatic hydroxyl groups is 1. The number of rotatable bonds is 10. The molecule has 4 aromatic rings. The molecule has 1 atom stereocenters. The van der Waals surface area contributed by atoms with E-state index >= 15 is 0 Å². The lowest BCUT2D eigenvalue weighted by atomic mass is 10.1. The van der Waals surface area contributed by atoms with E-state index in [-0.39, 0.29) is 5.75 Å². The highest BCUT2D eigenvalue weighted by Gasteiger charge is 2.15. The summed E-state index contributed by atoms with van der Waals surface area (Å²) in [5, 5.41) is 28.3. The summed E-state index contributed by atoms with van der Waals surface area (Å²) >= 11 is 0. The zero-order chi connectivity index (χ0) is 28.3. The zero-order valence-electron chi connectivity index (χ0n) is 23.5. The van der Waals surface area contributed by atoms with E-state index in [0.717, 1.165) is 46.8 Å². The molecule has 0 radical (unpaired) electrons. The van der Waals surface area contributed by atoms with Crippen molar-refractivity contribution in [2.24, 2.45) is 4.99 Å². The molecule has 0 aliphatic carbocycles. The number of hydrogen-bond donors (Lipinski definition) is 4. The van der Waals surface area contributed by atoms with E-state index in [0.29, 0.717) is 25.7 Å². The summed E-state index contributed by atoms with van der Waals surface area (Å²) in [6, 6.07) is 30.1. The number of fused-ring (bicyclic) bond motifs is 1. The number of aryl methyl sites for hydroxylation is 1. The van der Waals surface area contributed by atoms with Crippen LogP contribution >= 0.6 is 0 Å². The molecule has 1 heterocycles. The van der Waals surface area contributed by atoms with Gasteiger partial charge >= 0.3 is 0 Å². The van der Waals surface area contributed by atoms with Crippen LogP contribution in [0.1, 0.15) is 19.4 Å². The Morgan fingerprint density at radius 2 is 1.70 bits per heavy atom. The van der Waals surface area contributed by atoms with Crippen LogP contribution in [0.5, 0.6) is 11.5 Å². The second-order valence-corrected chi connectivity index (χ2v) is 10.2. The Morgan fingerprint density at radius 1 is 0.950 bits per heavy atom. The standard InChI is InChI=1S/C17H19N3O.C16H21NO2/c1-13-5-7-14(8-6-13)20(12-17-18-9-10-19-17)15-3-2-4-16(21)11-15;1-12(2)17-10-14(18)11-19-16-9-5-7-13-6-3-4-8-15(13)16/h2-8,11,21H,9-10,12H2,1H3,(H,18,19);3-9,12,14,17-18H,10-11H2,1-2H3. The van der Waals surface area contributed by atoms with Gasteiger partial charge in [-0.3, -0.25) is 4.99 Å². The summed E-state index contributed by atoms with van der Waals surface area (Å²) in [5.41, 5.74) is 3.27. The van der Waals surface area contributed by atoms with Gasteiger partial charge in [-0.1, -0.05) is 74.0 Å². The first kappa shape index (κ1) is 28.9. The summed E-state index contributed by atoms with van der Waals surface area (Å²) in [6.45, 7) is 9.43. The molecule has 0 spiro atoms. The normalized spacial score (nSPS) is 13.3. The van der Waals surface area contributed by atoms with E-state index < -0.39 is 6.10 Å². The topological polar surface area (TPSA) is 89.3 Å². The van der Waals surface area contributed by atoms with Gasteiger partial charge in [-0.05, 0) is 42.6 Å². The van der Waals surface area contributed by atoms with Gasteiger partial charge in [0.15, 0.2) is 0 Å². The van der Waals surface area contributed by atoms with Crippen LogP contribution in [0.25, 0.3) is 10.8 Å². The minimum atomic E-state index is -0.499. The predicted molar refractivity (Wildman–Crippen MR) is 165 cm³/mol. The number of benzene rings is 4. The van der Waals surface area contributed by atoms with Gasteiger partial charge in [-0.25, -0.2) is 0 Å². The number of aliphatic imine (C=N–C) groups is 1. The fourth-order valence-corrected chi connectivity index (χ4v) is 4.36. The van der Waals surface area contributed by atoms with Crippen LogP contribution in [-0.4, -0.2) is 61.0 Å². The monoisotopic (exact) mass is 540 g/mol. The lowest BCUT2D eigenvalue weighted by Crippen LogP contribution is -2.35. The number of nitrogens with one attached hydrogen (secondary N) is 2. The second-order valence-electron chi connectivity index (χ2n) is 10.2. The second kappa shape index (κ2) is 14.4. The minimum Gasteiger partial charge on any atom is -0.508 e. The summed E-state index contributed by atoms with van der Waals surface area (Å²) in [6.07, 6.45) is -0.499. The van der Waals surface area contributed by atoms with Gasteiger partial charge in [0.25, 0.3) is 0 Å². The Kier molecular flexibility index (Phi) is 10.4. The van der Waals surface area contributed by atoms with Crippen LogP contribution in [0.3, 0.4) is 0 Å². The van der Waals surface area contributed by atoms with E-state index in [1.165, 1.54) is 5.56 Å². The van der Waals surface area contributed by atoms with E-state index in [4.69, 9.17) is 4.74 Å². The van der Waals surface area contributed by atoms with Crippen molar-refractivity contribution in [1.29, 1.82) is 0 Å². The van der Waals surface area contributed by atoms with Crippen LogP contribution in [0.4, 0.5) is 11.4 Å². The van der Waals surface area contributed by atoms with Crippen molar-refractivity contribution in [1.82, 2.24) is 10.6 Å². The maximum Gasteiger partial charge on any atom is 0.127 e. The van der Waals surface area contributed by atoms with E-state index in [9.17, 15) is 10.2 Å². The first-order chi connectivity index (χ1) is 19.4. The Balaban J connectivity index is 0.000000186. The van der Waals surface area contributed by atoms with E-state index in [1.54, 1.807) is 12.1 Å². The van der Waals surface area contributed by atoms with Gasteiger partial charge in [-0.15, -0.1) is 0 Å². The molecule has 40 heavy (non-hydrogen) atoms. The third kappa shape index (κ3) is 8.46. The molecule has 0 saturated carbocycles. The number of anilines is 2. The van der Waals surface area contributed by atoms with Crippen LogP contribution in [0.2, 0.25) is 0 Å². The molecule has 1 unspecified atom stereocenters. The molecule has 1 aliphatic heterocycles. The molecular weight excluding hydrogens is 500 g/mol. The maximum atomic E-state index is 9.84. The number of phenols is 1. The smallest absolute Gasteiger partial charge is 0.127 e. The molecule has 7 heteroatoms. The van der Waals surface area contributed by atoms with Crippen LogP contribution in [-0.2, 0) is 0 Å². The molecule has 7 nitrogen and oxygen atoms in total. The molecule has 0 bridgehead atoms. The van der Waals surface area contributed by atoms with Gasteiger partial charge in [0.05, 0.1) is 13.1 Å². The fourth-order valence-electron chi connectivity index (χ4n) is 4.36. The van der Waals surface area contributed by atoms with Gasteiger partial charge in [0.1, 0.15) is 30.0 Å². The third-order valence-corrected chi connectivity index (χ3v) is 6.48. The Bertz CT molecular complexity index is 1380. The summed E-state index contributed by atoms with van der Waals surface area (Å²) < 4.78 is 5.72. The highest BCUT2D eigenvalue weighted by molar-refractivity contribution is 5.90. The molecular formula is C33H40N4O3. The van der Waals surface area contributed by atoms with Crippen LogP contribution in [0.15, 0.2) is 96.0 Å². The lowest BCUT2D eigenvalue weighted by molar-refractivity contribution is 0.105. The zero-order valence-corrected chi connectivity index (χ0v) is 23.5. The van der Waals surface area contributed by atoms with Crippen molar-refractivity contribution in [3.05, 3.63) is 96.6 Å². The molecule has 1 aliphatic rings. The average molecular weight is 541 g/mol. The van der Waals surface area contributed by atoms with Gasteiger partial charge < -0.3 is 30.5 Å². The highest BCUT2D eigenvalue weighted by Crippen LogP contribution is 2.28. The quantitative estimate of drug-likeness (QED) is 0.215. The van der Waals surface area contributed by atoms with Crippen molar-refractivity contribution in [2.75, 3.05) is 37.7 Å². The molecule has 0 amide bonds. The van der Waals surface area contributed by atoms with Gasteiger partial charge in [0.2, 0.25) is 0 Å². The van der Waals surface area contributed by atoms with Crippen molar-refractivity contribution in [2.45, 2.75) is 32.9 Å². The summed E-state index contributed by atoms with van der Waals surface area (Å²) in [7, 11) is 0. The van der Waals surface area contributed by atoms with Crippen molar-refractivity contribution >= 4 is 28.0 Å². The van der Waals surface area contributed by atoms with Crippen LogP contribution in [0, 0.1) is 6.92 Å². The first-order valence-electron chi connectivity index (χ1n) is 13.8. The van der Waals surface area contributed by atoms with Crippen LogP contribution < -0.4 is 20.3 Å². The Labute approximate surface area is 237 Å². The van der Waals surface area contributed by atoms with E-state index in [2.05, 4.69) is 77.7 Å². The SMILES string of the molecule is CC(C)NCC(O)COc1cccc2ccccc12.Cc1ccc(N(CC2=NCCN2)c2cccc(O)c2)cc1. The lowest BCUT2D eigenvalue weighted by Gasteiger charge is -2.25. The Morgan fingerprint density at radius 3 is 2.42 bits per heavy atom. The number of hydrogen-bond acceptors (Lipinski definition) is 7. The summed E-state index contributed by atoms with van der Waals surface area (Å²) in [4.78, 5) is 6.62. The summed E-state index contributed by atoms with van der Waals surface area (Å²) in [5.74, 6) is 2.08. The largest absolute Gasteiger partial charge is 0.508 e. The average Bonchev–Trinajstić information content (AvgIpc) is 3.48. The predicted octanol–water partition coefficient (Wildman–Crippen LogP) is 5.42. The number of nitrogens with zero attached hydrogens (tertiary/aromatic N) is 2. The number of phenolic OH excluding ortho intramolecular Hbond substituents is 1. The Hall–Kier alpha value is -4.07. The number of aliphatic hydroxyl groups excluding tert-OH is 1. The van der Waals surface area contributed by atoms with E-state index in [1.807, 2.05) is 42.5 Å². The highest BCUT2D eigenvalue weighted by atomic mass is 16.5. The first-order valence-corrected chi connectivity index (χ1v) is 13.8. The molecule has 0 fully saturated rings. The molecule has 0 saturated heterocycles. The molecule has 0 aromatic heterocycles. The van der Waals surface area contributed by atoms with Crippen molar-refractivity contribution in [3.63, 3.8) is 0 Å². The number of aromatic hydroxyl groups is 1. The maximum absolute atomic E-state index is 9.84. The van der Waals surface area contributed by atoms with Crippen molar-refractivity contribution < 1.29 is 14.9 Å². The fraction of sp³-hybridized carbons (Fsp3) is 0.303. The molecule has 4 N–H and O–H groups in total. The third-order valence-electron chi connectivity index (χ3n) is 6.48. The molecule has 210 valence electrons. The molecule has 4 aromatic carbocycles. The number of amidine groups is 1.